The predicted molar refractivity (Wildman–Crippen MR) is 80.2 cm³/mol. The Kier molecular flexibility index (Phi) is 4.25. The second-order valence-corrected chi connectivity index (χ2v) is 5.92. The monoisotopic (exact) mass is 306 g/mol. The molecule has 7 heteroatoms. The maximum atomic E-state index is 12.2. The SMILES string of the molecule is Nc1ccc(NC(=O)C(c2ccccc2)S(=O)(=O)O)cc1. The van der Waals surface area contributed by atoms with Crippen molar-refractivity contribution in [2.24, 2.45) is 0 Å². The molecule has 2 aromatic rings. The highest BCUT2D eigenvalue weighted by molar-refractivity contribution is 7.86. The van der Waals surface area contributed by atoms with Crippen LogP contribution in [0.5, 0.6) is 0 Å². The number of nitrogens with two attached hydrogens (primary N) is 1. The first-order chi connectivity index (χ1) is 9.88. The molecular formula is C14H14N2O4S. The zero-order chi connectivity index (χ0) is 15.5. The van der Waals surface area contributed by atoms with Crippen LogP contribution in [0.4, 0.5) is 11.4 Å². The Hall–Kier alpha value is -2.38. The molecule has 0 aliphatic carbocycles. The third-order valence-corrected chi connectivity index (χ3v) is 3.90. The minimum Gasteiger partial charge on any atom is -0.399 e. The highest BCUT2D eigenvalue weighted by Gasteiger charge is 2.32. The molecule has 1 amide bonds. The van der Waals surface area contributed by atoms with Crippen molar-refractivity contribution in [2.75, 3.05) is 11.1 Å². The van der Waals surface area contributed by atoms with Crippen LogP contribution in [-0.2, 0) is 14.9 Å². The van der Waals surface area contributed by atoms with Gasteiger partial charge in [0.05, 0.1) is 0 Å². The lowest BCUT2D eigenvalue weighted by atomic mass is 10.1. The van der Waals surface area contributed by atoms with Gasteiger partial charge in [0.15, 0.2) is 5.25 Å². The highest BCUT2D eigenvalue weighted by atomic mass is 32.2. The first-order valence-corrected chi connectivity index (χ1v) is 7.56. The fraction of sp³-hybridized carbons (Fsp3) is 0.0714. The number of nitrogens with one attached hydrogen (secondary N) is 1. The third-order valence-electron chi connectivity index (χ3n) is 2.82. The lowest BCUT2D eigenvalue weighted by Crippen LogP contribution is -2.27. The summed E-state index contributed by atoms with van der Waals surface area (Å²) in [5.41, 5.74) is 6.62. The van der Waals surface area contributed by atoms with Gasteiger partial charge in [-0.2, -0.15) is 8.42 Å². The van der Waals surface area contributed by atoms with Gasteiger partial charge in [-0.3, -0.25) is 9.35 Å². The number of nitrogen functional groups attached to an aromatic ring is 1. The van der Waals surface area contributed by atoms with Gasteiger partial charge in [-0.15, -0.1) is 0 Å². The quantitative estimate of drug-likeness (QED) is 0.590. The van der Waals surface area contributed by atoms with Gasteiger partial charge in [0.1, 0.15) is 0 Å². The Morgan fingerprint density at radius 1 is 1.05 bits per heavy atom. The summed E-state index contributed by atoms with van der Waals surface area (Å²) < 4.78 is 32.3. The second-order valence-electron chi connectivity index (χ2n) is 4.42. The summed E-state index contributed by atoms with van der Waals surface area (Å²) in [5.74, 6) is -0.839. The number of anilines is 2. The van der Waals surface area contributed by atoms with E-state index in [2.05, 4.69) is 5.32 Å². The van der Waals surface area contributed by atoms with E-state index in [9.17, 15) is 17.8 Å². The van der Waals surface area contributed by atoms with Crippen LogP contribution < -0.4 is 11.1 Å². The van der Waals surface area contributed by atoms with E-state index in [4.69, 9.17) is 5.73 Å². The Labute approximate surface area is 122 Å². The maximum absolute atomic E-state index is 12.2. The Balaban J connectivity index is 2.30. The van der Waals surface area contributed by atoms with Gasteiger partial charge < -0.3 is 11.1 Å². The van der Waals surface area contributed by atoms with Crippen molar-refractivity contribution in [3.8, 4) is 0 Å². The van der Waals surface area contributed by atoms with Crippen LogP contribution in [0, 0.1) is 0 Å². The molecule has 0 fully saturated rings. The zero-order valence-electron chi connectivity index (χ0n) is 10.9. The molecule has 2 aromatic carbocycles. The average Bonchev–Trinajstić information content (AvgIpc) is 2.41. The minimum atomic E-state index is -4.58. The van der Waals surface area contributed by atoms with Crippen LogP contribution in [0.25, 0.3) is 0 Å². The molecular weight excluding hydrogens is 292 g/mol. The summed E-state index contributed by atoms with van der Waals surface area (Å²) in [7, 11) is -4.58. The molecule has 0 spiro atoms. The first-order valence-electron chi connectivity index (χ1n) is 6.05. The summed E-state index contributed by atoms with van der Waals surface area (Å²) in [6.07, 6.45) is 0. The fourth-order valence-electron chi connectivity index (χ4n) is 1.86. The summed E-state index contributed by atoms with van der Waals surface area (Å²) in [6, 6.07) is 14.0. The number of hydrogen-bond donors (Lipinski definition) is 3. The zero-order valence-corrected chi connectivity index (χ0v) is 11.7. The van der Waals surface area contributed by atoms with Crippen LogP contribution in [0.1, 0.15) is 10.8 Å². The van der Waals surface area contributed by atoms with Gasteiger partial charge in [-0.25, -0.2) is 0 Å². The van der Waals surface area contributed by atoms with Gasteiger partial charge in [-0.05, 0) is 29.8 Å². The molecule has 0 saturated heterocycles. The Bertz CT molecular complexity index is 727. The minimum absolute atomic E-state index is 0.188. The summed E-state index contributed by atoms with van der Waals surface area (Å²) in [4.78, 5) is 12.2. The number of carbonyl (C=O) groups excluding carboxylic acids is 1. The van der Waals surface area contributed by atoms with E-state index >= 15 is 0 Å². The van der Waals surface area contributed by atoms with Gasteiger partial charge >= 0.3 is 0 Å². The number of carbonyl (C=O) groups is 1. The largest absolute Gasteiger partial charge is 0.399 e. The molecule has 0 radical (unpaired) electrons. The number of rotatable bonds is 4. The van der Waals surface area contributed by atoms with Gasteiger partial charge in [0.2, 0.25) is 5.91 Å². The summed E-state index contributed by atoms with van der Waals surface area (Å²) in [5, 5.41) is 0.757. The van der Waals surface area contributed by atoms with E-state index < -0.39 is 21.3 Å². The van der Waals surface area contributed by atoms with Crippen LogP contribution >= 0.6 is 0 Å². The lowest BCUT2D eigenvalue weighted by molar-refractivity contribution is -0.116. The van der Waals surface area contributed by atoms with Crippen molar-refractivity contribution in [3.63, 3.8) is 0 Å². The molecule has 0 saturated carbocycles. The summed E-state index contributed by atoms with van der Waals surface area (Å²) >= 11 is 0. The molecule has 21 heavy (non-hydrogen) atoms. The van der Waals surface area contributed by atoms with Gasteiger partial charge in [0, 0.05) is 11.4 Å². The number of benzene rings is 2. The normalized spacial score (nSPS) is 12.6. The molecule has 0 bridgehead atoms. The van der Waals surface area contributed by atoms with Crippen molar-refractivity contribution in [1.29, 1.82) is 0 Å². The second kappa shape index (κ2) is 5.94. The van der Waals surface area contributed by atoms with Crippen molar-refractivity contribution < 1.29 is 17.8 Å². The average molecular weight is 306 g/mol. The Morgan fingerprint density at radius 3 is 2.14 bits per heavy atom. The molecule has 1 unspecified atom stereocenters. The molecule has 6 nitrogen and oxygen atoms in total. The van der Waals surface area contributed by atoms with Crippen LogP contribution in [0.15, 0.2) is 54.6 Å². The standard InChI is InChI=1S/C14H14N2O4S/c15-11-6-8-12(9-7-11)16-14(17)13(21(18,19)20)10-4-2-1-3-5-10/h1-9,13H,15H2,(H,16,17)(H,18,19,20). The topological polar surface area (TPSA) is 109 Å². The van der Waals surface area contributed by atoms with Gasteiger partial charge in [-0.1, -0.05) is 30.3 Å². The lowest BCUT2D eigenvalue weighted by Gasteiger charge is -2.14. The van der Waals surface area contributed by atoms with E-state index in [0.717, 1.165) is 0 Å². The maximum Gasteiger partial charge on any atom is 0.281 e. The fourth-order valence-corrected chi connectivity index (χ4v) is 2.69. The molecule has 1 atom stereocenters. The van der Waals surface area contributed by atoms with E-state index in [1.54, 1.807) is 42.5 Å². The van der Waals surface area contributed by atoms with E-state index in [-0.39, 0.29) is 5.56 Å². The Morgan fingerprint density at radius 2 is 1.62 bits per heavy atom. The van der Waals surface area contributed by atoms with Crippen LogP contribution in [0.3, 0.4) is 0 Å². The van der Waals surface area contributed by atoms with E-state index in [1.807, 2.05) is 0 Å². The van der Waals surface area contributed by atoms with Crippen molar-refractivity contribution in [2.45, 2.75) is 5.25 Å². The van der Waals surface area contributed by atoms with Crippen LogP contribution in [-0.4, -0.2) is 18.9 Å². The van der Waals surface area contributed by atoms with E-state index in [0.29, 0.717) is 11.4 Å². The predicted octanol–water partition coefficient (Wildman–Crippen LogP) is 1.84. The molecule has 0 aliphatic heterocycles. The highest BCUT2D eigenvalue weighted by Crippen LogP contribution is 2.23. The van der Waals surface area contributed by atoms with Crippen molar-refractivity contribution >= 4 is 27.4 Å². The van der Waals surface area contributed by atoms with Crippen molar-refractivity contribution in [3.05, 3.63) is 60.2 Å². The van der Waals surface area contributed by atoms with Gasteiger partial charge in [0.25, 0.3) is 10.1 Å². The molecule has 4 N–H and O–H groups in total. The smallest absolute Gasteiger partial charge is 0.281 e. The number of hydrogen-bond acceptors (Lipinski definition) is 4. The molecule has 0 aromatic heterocycles. The molecule has 0 heterocycles. The number of amides is 1. The molecule has 2 rings (SSSR count). The summed E-state index contributed by atoms with van der Waals surface area (Å²) in [6.45, 7) is 0. The van der Waals surface area contributed by atoms with Crippen LogP contribution in [0.2, 0.25) is 0 Å². The van der Waals surface area contributed by atoms with Crippen molar-refractivity contribution in [1.82, 2.24) is 0 Å². The molecule has 110 valence electrons. The third kappa shape index (κ3) is 3.80. The van der Waals surface area contributed by atoms with E-state index in [1.165, 1.54) is 12.1 Å². The molecule has 0 aliphatic rings. The first kappa shape index (κ1) is 15.0.